The van der Waals surface area contributed by atoms with Gasteiger partial charge < -0.3 is 10.2 Å². The van der Waals surface area contributed by atoms with Gasteiger partial charge in [-0.2, -0.15) is 0 Å². The van der Waals surface area contributed by atoms with Gasteiger partial charge >= 0.3 is 0 Å². The van der Waals surface area contributed by atoms with Gasteiger partial charge in [0.05, 0.1) is 6.54 Å². The van der Waals surface area contributed by atoms with Gasteiger partial charge in [-0.1, -0.05) is 18.1 Å². The van der Waals surface area contributed by atoms with Crippen LogP contribution in [0.4, 0.5) is 5.69 Å². The fourth-order valence-corrected chi connectivity index (χ4v) is 2.72. The zero-order valence-corrected chi connectivity index (χ0v) is 12.6. The Labute approximate surface area is 123 Å². The number of hydrogen-bond donors (Lipinski definition) is 1. The van der Waals surface area contributed by atoms with Crippen molar-refractivity contribution in [3.63, 3.8) is 0 Å². The fraction of sp³-hybridized carbons (Fsp3) is 0.529. The number of hydrogen-bond acceptors (Lipinski definition) is 3. The normalized spacial score (nSPS) is 17.1. The first-order valence-electron chi connectivity index (χ1n) is 7.33. The first kappa shape index (κ1) is 14.9. The van der Waals surface area contributed by atoms with Gasteiger partial charge in [-0.05, 0) is 44.6 Å². The predicted octanol–water partition coefficient (Wildman–Crippen LogP) is 2.26. The third kappa shape index (κ3) is 4.56. The highest BCUT2D eigenvalue weighted by atomic mass is 15.1. The topological polar surface area (TPSA) is 18.5 Å². The average Bonchev–Trinajstić information content (AvgIpc) is 2.41. The summed E-state index contributed by atoms with van der Waals surface area (Å²) in [6.45, 7) is 3.96. The number of terminal acetylenes is 1. The maximum absolute atomic E-state index is 5.36. The number of nitrogens with zero attached hydrogens (tertiary/aromatic N) is 2. The molecule has 0 saturated carbocycles. The smallest absolute Gasteiger partial charge is 0.0598 e. The van der Waals surface area contributed by atoms with Gasteiger partial charge in [0.2, 0.25) is 0 Å². The Kier molecular flexibility index (Phi) is 5.46. The van der Waals surface area contributed by atoms with Crippen LogP contribution >= 0.6 is 0 Å². The number of piperidine rings is 1. The fourth-order valence-electron chi connectivity index (χ4n) is 2.72. The standard InChI is InChI=1S/C17H25N3/c1-4-10-20-11-8-16(9-12-20)18-17-7-5-6-15(13-17)14-19(2)3/h1,5-7,13,16,18H,8-12,14H2,2-3H3. The molecule has 1 aliphatic heterocycles. The first-order chi connectivity index (χ1) is 9.67. The SMILES string of the molecule is C#CCN1CCC(Nc2cccc(CN(C)C)c2)CC1. The van der Waals surface area contributed by atoms with Crippen LogP contribution < -0.4 is 5.32 Å². The Morgan fingerprint density at radius 2 is 2.10 bits per heavy atom. The van der Waals surface area contributed by atoms with E-state index in [1.807, 2.05) is 0 Å². The van der Waals surface area contributed by atoms with E-state index in [1.165, 1.54) is 24.1 Å². The molecule has 20 heavy (non-hydrogen) atoms. The summed E-state index contributed by atoms with van der Waals surface area (Å²) in [5.41, 5.74) is 2.59. The highest BCUT2D eigenvalue weighted by molar-refractivity contribution is 5.46. The Balaban J connectivity index is 1.86. The molecule has 0 aliphatic carbocycles. The molecule has 3 heteroatoms. The second-order valence-corrected chi connectivity index (χ2v) is 5.84. The Morgan fingerprint density at radius 1 is 1.35 bits per heavy atom. The van der Waals surface area contributed by atoms with Gasteiger partial charge in [-0.25, -0.2) is 0 Å². The molecule has 0 bridgehead atoms. The molecule has 0 amide bonds. The highest BCUT2D eigenvalue weighted by Gasteiger charge is 2.18. The van der Waals surface area contributed by atoms with Gasteiger partial charge in [-0.3, -0.25) is 4.90 Å². The third-order valence-corrected chi connectivity index (χ3v) is 3.70. The van der Waals surface area contributed by atoms with Crippen molar-refractivity contribution in [2.45, 2.75) is 25.4 Å². The van der Waals surface area contributed by atoms with Crippen molar-refractivity contribution in [3.05, 3.63) is 29.8 Å². The van der Waals surface area contributed by atoms with Crippen LogP contribution in [0.15, 0.2) is 24.3 Å². The molecule has 1 aliphatic rings. The van der Waals surface area contributed by atoms with E-state index in [0.29, 0.717) is 6.04 Å². The Bertz CT molecular complexity index is 454. The van der Waals surface area contributed by atoms with Crippen molar-refractivity contribution in [3.8, 4) is 12.3 Å². The van der Waals surface area contributed by atoms with Crippen LogP contribution in [0.3, 0.4) is 0 Å². The van der Waals surface area contributed by atoms with Gasteiger partial charge in [-0.15, -0.1) is 6.42 Å². The molecule has 2 rings (SSSR count). The van der Waals surface area contributed by atoms with Crippen molar-refractivity contribution < 1.29 is 0 Å². The average molecular weight is 271 g/mol. The van der Waals surface area contributed by atoms with Crippen molar-refractivity contribution in [2.75, 3.05) is 39.0 Å². The van der Waals surface area contributed by atoms with Gasteiger partial charge in [0.25, 0.3) is 0 Å². The second-order valence-electron chi connectivity index (χ2n) is 5.84. The molecule has 0 atom stereocenters. The van der Waals surface area contributed by atoms with Crippen LogP contribution in [-0.2, 0) is 6.54 Å². The van der Waals surface area contributed by atoms with E-state index in [4.69, 9.17) is 6.42 Å². The molecular formula is C17H25N3. The molecule has 1 aromatic rings. The zero-order chi connectivity index (χ0) is 14.4. The summed E-state index contributed by atoms with van der Waals surface area (Å²) in [7, 11) is 4.20. The van der Waals surface area contributed by atoms with Crippen molar-refractivity contribution in [1.82, 2.24) is 9.80 Å². The summed E-state index contributed by atoms with van der Waals surface area (Å²) < 4.78 is 0. The summed E-state index contributed by atoms with van der Waals surface area (Å²) in [5.74, 6) is 2.73. The molecule has 0 unspecified atom stereocenters. The van der Waals surface area contributed by atoms with Crippen LogP contribution in [0.5, 0.6) is 0 Å². The van der Waals surface area contributed by atoms with Crippen LogP contribution in [0.2, 0.25) is 0 Å². The maximum Gasteiger partial charge on any atom is 0.0598 e. The number of nitrogens with one attached hydrogen (secondary N) is 1. The largest absolute Gasteiger partial charge is 0.382 e. The summed E-state index contributed by atoms with van der Waals surface area (Å²) in [5, 5.41) is 3.66. The number of likely N-dealkylation sites (tertiary alicyclic amines) is 1. The lowest BCUT2D eigenvalue weighted by atomic mass is 10.0. The summed E-state index contributed by atoms with van der Waals surface area (Å²) in [4.78, 5) is 4.54. The maximum atomic E-state index is 5.36. The van der Waals surface area contributed by atoms with E-state index in [0.717, 1.165) is 26.2 Å². The minimum absolute atomic E-state index is 0.568. The van der Waals surface area contributed by atoms with Crippen LogP contribution in [0, 0.1) is 12.3 Å². The van der Waals surface area contributed by atoms with Gasteiger partial charge in [0.1, 0.15) is 0 Å². The first-order valence-corrected chi connectivity index (χ1v) is 7.33. The van der Waals surface area contributed by atoms with E-state index < -0.39 is 0 Å². The minimum Gasteiger partial charge on any atom is -0.382 e. The molecule has 1 N–H and O–H groups in total. The van der Waals surface area contributed by atoms with Crippen molar-refractivity contribution >= 4 is 5.69 Å². The van der Waals surface area contributed by atoms with E-state index in [-0.39, 0.29) is 0 Å². The molecule has 1 aromatic carbocycles. The lowest BCUT2D eigenvalue weighted by molar-refractivity contribution is 0.243. The summed E-state index contributed by atoms with van der Waals surface area (Å²) >= 11 is 0. The molecule has 0 aromatic heterocycles. The van der Waals surface area contributed by atoms with Crippen molar-refractivity contribution in [1.29, 1.82) is 0 Å². The third-order valence-electron chi connectivity index (χ3n) is 3.70. The molecule has 0 radical (unpaired) electrons. The molecule has 1 heterocycles. The zero-order valence-electron chi connectivity index (χ0n) is 12.6. The lowest BCUT2D eigenvalue weighted by Crippen LogP contribution is -2.39. The minimum atomic E-state index is 0.568. The lowest BCUT2D eigenvalue weighted by Gasteiger charge is -2.31. The quantitative estimate of drug-likeness (QED) is 0.829. The van der Waals surface area contributed by atoms with E-state index >= 15 is 0 Å². The molecule has 1 fully saturated rings. The number of rotatable bonds is 5. The monoisotopic (exact) mass is 271 g/mol. The van der Waals surface area contributed by atoms with E-state index in [1.54, 1.807) is 0 Å². The van der Waals surface area contributed by atoms with Crippen LogP contribution in [-0.4, -0.2) is 49.6 Å². The van der Waals surface area contributed by atoms with Gasteiger partial charge in [0, 0.05) is 31.4 Å². The predicted molar refractivity (Wildman–Crippen MR) is 85.8 cm³/mol. The molecule has 1 saturated heterocycles. The molecule has 0 spiro atoms. The van der Waals surface area contributed by atoms with Crippen LogP contribution in [0.1, 0.15) is 18.4 Å². The number of anilines is 1. The van der Waals surface area contributed by atoms with E-state index in [2.05, 4.69) is 59.4 Å². The second kappa shape index (κ2) is 7.33. The molecule has 108 valence electrons. The Morgan fingerprint density at radius 3 is 2.75 bits per heavy atom. The van der Waals surface area contributed by atoms with Gasteiger partial charge in [0.15, 0.2) is 0 Å². The van der Waals surface area contributed by atoms with Crippen molar-refractivity contribution in [2.24, 2.45) is 0 Å². The highest BCUT2D eigenvalue weighted by Crippen LogP contribution is 2.18. The summed E-state index contributed by atoms with van der Waals surface area (Å²) in [6.07, 6.45) is 7.70. The summed E-state index contributed by atoms with van der Waals surface area (Å²) in [6, 6.07) is 9.30. The van der Waals surface area contributed by atoms with Crippen LogP contribution in [0.25, 0.3) is 0 Å². The number of benzene rings is 1. The molecular weight excluding hydrogens is 246 g/mol. The van der Waals surface area contributed by atoms with E-state index in [9.17, 15) is 0 Å². The Hall–Kier alpha value is -1.50. The molecule has 3 nitrogen and oxygen atoms in total.